The third kappa shape index (κ3) is 1.89. The fourth-order valence-corrected chi connectivity index (χ4v) is 1.67. The number of nitrogens with zero attached hydrogens (tertiary/aromatic N) is 3. The normalized spacial score (nSPS) is 16.2. The van der Waals surface area contributed by atoms with Crippen LogP contribution in [0.3, 0.4) is 0 Å². The predicted molar refractivity (Wildman–Crippen MR) is 58.0 cm³/mol. The Morgan fingerprint density at radius 1 is 1.62 bits per heavy atom. The van der Waals surface area contributed by atoms with Crippen LogP contribution in [0, 0.1) is 16.7 Å². The zero-order valence-corrected chi connectivity index (χ0v) is 9.18. The first-order valence-electron chi connectivity index (χ1n) is 5.25. The topological polar surface area (TPSA) is 57.0 Å². The summed E-state index contributed by atoms with van der Waals surface area (Å²) in [5.74, 6) is -0.0827. The lowest BCUT2D eigenvalue weighted by atomic mass is 10.1. The van der Waals surface area contributed by atoms with Crippen molar-refractivity contribution in [3.8, 4) is 6.07 Å². The highest BCUT2D eigenvalue weighted by atomic mass is 16.2. The van der Waals surface area contributed by atoms with Crippen molar-refractivity contribution in [2.24, 2.45) is 5.41 Å². The number of nitriles is 1. The molecule has 0 atom stereocenters. The van der Waals surface area contributed by atoms with Crippen LogP contribution in [0.2, 0.25) is 0 Å². The summed E-state index contributed by atoms with van der Waals surface area (Å²) in [4.78, 5) is 17.7. The van der Waals surface area contributed by atoms with E-state index in [0.717, 1.165) is 5.69 Å². The number of carbonyl (C=O) groups is 1. The van der Waals surface area contributed by atoms with Gasteiger partial charge < -0.3 is 4.90 Å². The molecule has 0 radical (unpaired) electrons. The largest absolute Gasteiger partial charge is 0.338 e. The summed E-state index contributed by atoms with van der Waals surface area (Å²) in [6, 6.07) is 7.70. The average Bonchev–Trinajstić information content (AvgIpc) is 3.10. The van der Waals surface area contributed by atoms with Crippen molar-refractivity contribution in [1.82, 2.24) is 9.88 Å². The summed E-state index contributed by atoms with van der Waals surface area (Å²) in [5, 5.41) is 8.93. The Bertz CT molecular complexity index is 431. The molecule has 1 aromatic heterocycles. The van der Waals surface area contributed by atoms with E-state index in [-0.39, 0.29) is 5.91 Å². The average molecular weight is 215 g/mol. The maximum atomic E-state index is 11.9. The molecule has 82 valence electrons. The second kappa shape index (κ2) is 3.93. The van der Waals surface area contributed by atoms with Crippen molar-refractivity contribution in [2.45, 2.75) is 19.4 Å². The van der Waals surface area contributed by atoms with Gasteiger partial charge in [0, 0.05) is 13.2 Å². The molecule has 0 unspecified atom stereocenters. The van der Waals surface area contributed by atoms with Crippen molar-refractivity contribution >= 4 is 5.91 Å². The van der Waals surface area contributed by atoms with Gasteiger partial charge >= 0.3 is 0 Å². The van der Waals surface area contributed by atoms with Crippen LogP contribution in [0.4, 0.5) is 0 Å². The molecule has 1 heterocycles. The lowest BCUT2D eigenvalue weighted by Crippen LogP contribution is -2.33. The van der Waals surface area contributed by atoms with Crippen molar-refractivity contribution in [3.05, 3.63) is 30.1 Å². The maximum Gasteiger partial charge on any atom is 0.243 e. The van der Waals surface area contributed by atoms with Crippen molar-refractivity contribution in [1.29, 1.82) is 5.26 Å². The second-order valence-electron chi connectivity index (χ2n) is 4.18. The highest BCUT2D eigenvalue weighted by Crippen LogP contribution is 2.46. The molecule has 1 aliphatic rings. The van der Waals surface area contributed by atoms with E-state index in [4.69, 9.17) is 5.26 Å². The smallest absolute Gasteiger partial charge is 0.243 e. The van der Waals surface area contributed by atoms with Crippen LogP contribution in [0.1, 0.15) is 18.5 Å². The molecule has 1 aromatic rings. The van der Waals surface area contributed by atoms with E-state index >= 15 is 0 Å². The number of hydrogen-bond donors (Lipinski definition) is 0. The van der Waals surface area contributed by atoms with Crippen molar-refractivity contribution < 1.29 is 4.79 Å². The minimum absolute atomic E-state index is 0.0827. The summed E-state index contributed by atoms with van der Waals surface area (Å²) in [5.41, 5.74) is 0.107. The second-order valence-corrected chi connectivity index (χ2v) is 4.18. The Hall–Kier alpha value is -1.89. The Kier molecular flexibility index (Phi) is 2.61. The van der Waals surface area contributed by atoms with Crippen molar-refractivity contribution in [3.63, 3.8) is 0 Å². The molecule has 1 fully saturated rings. The monoisotopic (exact) mass is 215 g/mol. The molecule has 16 heavy (non-hydrogen) atoms. The highest BCUT2D eigenvalue weighted by Gasteiger charge is 2.51. The van der Waals surface area contributed by atoms with Crippen LogP contribution >= 0.6 is 0 Å². The van der Waals surface area contributed by atoms with Gasteiger partial charge in [-0.3, -0.25) is 9.78 Å². The summed E-state index contributed by atoms with van der Waals surface area (Å²) >= 11 is 0. The Morgan fingerprint density at radius 2 is 2.38 bits per heavy atom. The lowest BCUT2D eigenvalue weighted by Gasteiger charge is -2.19. The van der Waals surface area contributed by atoms with E-state index < -0.39 is 5.41 Å². The molecule has 0 aliphatic heterocycles. The minimum Gasteiger partial charge on any atom is -0.338 e. The molecule has 0 spiro atoms. The van der Waals surface area contributed by atoms with Gasteiger partial charge in [0.25, 0.3) is 0 Å². The van der Waals surface area contributed by atoms with Gasteiger partial charge in [0.1, 0.15) is 5.41 Å². The van der Waals surface area contributed by atoms with Crippen LogP contribution in [0.5, 0.6) is 0 Å². The third-order valence-electron chi connectivity index (χ3n) is 2.85. The van der Waals surface area contributed by atoms with Gasteiger partial charge in [0.05, 0.1) is 18.3 Å². The molecule has 4 heteroatoms. The molecule has 0 N–H and O–H groups in total. The molecule has 2 rings (SSSR count). The van der Waals surface area contributed by atoms with Crippen molar-refractivity contribution in [2.75, 3.05) is 7.05 Å². The number of amides is 1. The van der Waals surface area contributed by atoms with Gasteiger partial charge in [-0.25, -0.2) is 0 Å². The molecular weight excluding hydrogens is 202 g/mol. The van der Waals surface area contributed by atoms with Crippen LogP contribution in [0.25, 0.3) is 0 Å². The fraction of sp³-hybridized carbons (Fsp3) is 0.417. The van der Waals surface area contributed by atoms with Gasteiger partial charge in [-0.15, -0.1) is 0 Å². The fourth-order valence-electron chi connectivity index (χ4n) is 1.67. The summed E-state index contributed by atoms with van der Waals surface area (Å²) in [6.45, 7) is 0.461. The summed E-state index contributed by atoms with van der Waals surface area (Å²) < 4.78 is 0. The van der Waals surface area contributed by atoms with Gasteiger partial charge in [-0.1, -0.05) is 6.07 Å². The molecule has 1 saturated carbocycles. The van der Waals surface area contributed by atoms with Gasteiger partial charge in [0.15, 0.2) is 0 Å². The number of aromatic nitrogens is 1. The van der Waals surface area contributed by atoms with E-state index in [9.17, 15) is 4.79 Å². The summed E-state index contributed by atoms with van der Waals surface area (Å²) in [7, 11) is 1.72. The quantitative estimate of drug-likeness (QED) is 0.764. The SMILES string of the molecule is CN(Cc1ccccn1)C(=O)C1(C#N)CC1. The zero-order valence-electron chi connectivity index (χ0n) is 9.18. The maximum absolute atomic E-state index is 11.9. The van der Waals surface area contributed by atoms with Gasteiger partial charge in [0.2, 0.25) is 5.91 Å². The third-order valence-corrected chi connectivity index (χ3v) is 2.85. The standard InChI is InChI=1S/C12H13N3O/c1-15(8-10-4-2-3-7-14-10)11(16)12(9-13)5-6-12/h2-4,7H,5-6,8H2,1H3. The van der Waals surface area contributed by atoms with Gasteiger partial charge in [-0.05, 0) is 25.0 Å². The van der Waals surface area contributed by atoms with E-state index in [1.165, 1.54) is 0 Å². The first-order chi connectivity index (χ1) is 7.68. The summed E-state index contributed by atoms with van der Waals surface area (Å²) in [6.07, 6.45) is 3.08. The first kappa shape index (κ1) is 10.6. The van der Waals surface area contributed by atoms with E-state index in [1.807, 2.05) is 18.2 Å². The Labute approximate surface area is 94.5 Å². The number of hydrogen-bond acceptors (Lipinski definition) is 3. The molecule has 0 aromatic carbocycles. The predicted octanol–water partition coefficient (Wildman–Crippen LogP) is 1.34. The first-order valence-corrected chi connectivity index (χ1v) is 5.25. The number of carbonyl (C=O) groups excluding carboxylic acids is 1. The van der Waals surface area contributed by atoms with E-state index in [1.54, 1.807) is 18.1 Å². The van der Waals surface area contributed by atoms with Crippen LogP contribution in [-0.2, 0) is 11.3 Å². The lowest BCUT2D eigenvalue weighted by molar-refractivity contribution is -0.134. The Balaban J connectivity index is 2.02. The van der Waals surface area contributed by atoms with Crippen LogP contribution in [0.15, 0.2) is 24.4 Å². The Morgan fingerprint density at radius 3 is 2.88 bits per heavy atom. The minimum atomic E-state index is -0.733. The number of pyridine rings is 1. The molecule has 1 amide bonds. The highest BCUT2D eigenvalue weighted by molar-refractivity contribution is 5.88. The molecule has 1 aliphatic carbocycles. The van der Waals surface area contributed by atoms with Gasteiger partial charge in [-0.2, -0.15) is 5.26 Å². The molecular formula is C12H13N3O. The van der Waals surface area contributed by atoms with Crippen LogP contribution < -0.4 is 0 Å². The zero-order chi connectivity index (χ0) is 11.6. The molecule has 0 saturated heterocycles. The number of rotatable bonds is 3. The van der Waals surface area contributed by atoms with Crippen LogP contribution in [-0.4, -0.2) is 22.8 Å². The van der Waals surface area contributed by atoms with E-state index in [2.05, 4.69) is 11.1 Å². The molecule has 4 nitrogen and oxygen atoms in total. The molecule has 0 bridgehead atoms. The van der Waals surface area contributed by atoms with E-state index in [0.29, 0.717) is 19.4 Å².